The van der Waals surface area contributed by atoms with Crippen LogP contribution in [0.2, 0.25) is 0 Å². The summed E-state index contributed by atoms with van der Waals surface area (Å²) in [5.74, 6) is 0. The lowest BCUT2D eigenvalue weighted by Crippen LogP contribution is -2.28. The first kappa shape index (κ1) is 15.1. The van der Waals surface area contributed by atoms with Gasteiger partial charge in [0.25, 0.3) is 0 Å². The van der Waals surface area contributed by atoms with E-state index in [0.717, 1.165) is 0 Å². The normalized spacial score (nSPS) is 12.0. The third kappa shape index (κ3) is 3.29. The number of nitrogens with one attached hydrogen (secondary N) is 1. The Bertz CT molecular complexity index is 495. The van der Waals surface area contributed by atoms with E-state index in [0.29, 0.717) is 18.0 Å². The largest absolute Gasteiger partial charge is 0.394 e. The first-order chi connectivity index (χ1) is 8.44. The molecule has 0 bridgehead atoms. The number of ether oxygens (including phenoxy) is 1. The van der Waals surface area contributed by atoms with Crippen LogP contribution < -0.4 is 4.72 Å². The van der Waals surface area contributed by atoms with Gasteiger partial charge < -0.3 is 9.84 Å². The number of aromatic nitrogens is 2. The molecule has 0 fully saturated rings. The zero-order valence-electron chi connectivity index (χ0n) is 10.8. The second-order valence-corrected chi connectivity index (χ2v) is 5.54. The number of aliphatic hydroxyl groups excluding tert-OH is 1. The highest BCUT2D eigenvalue weighted by Crippen LogP contribution is 2.18. The van der Waals surface area contributed by atoms with Crippen LogP contribution in [0.5, 0.6) is 0 Å². The van der Waals surface area contributed by atoms with Crippen LogP contribution in [0.1, 0.15) is 11.4 Å². The average molecular weight is 277 g/mol. The van der Waals surface area contributed by atoms with Gasteiger partial charge in [0, 0.05) is 13.7 Å². The molecule has 0 amide bonds. The van der Waals surface area contributed by atoms with E-state index >= 15 is 0 Å². The summed E-state index contributed by atoms with van der Waals surface area (Å²) in [6, 6.07) is 0. The van der Waals surface area contributed by atoms with Crippen LogP contribution >= 0.6 is 0 Å². The van der Waals surface area contributed by atoms with Crippen LogP contribution in [0.15, 0.2) is 4.90 Å². The Morgan fingerprint density at radius 3 is 2.67 bits per heavy atom. The standard InChI is InChI=1S/C10H19N3O4S/c1-8-10(9(2)13(12-8)5-6-14)18(15,16)11-4-7-17-3/h11,14H,4-7H2,1-3H3. The van der Waals surface area contributed by atoms with Crippen LogP contribution in [-0.4, -0.2) is 50.2 Å². The fraction of sp³-hybridized carbons (Fsp3) is 0.700. The van der Waals surface area contributed by atoms with Crippen LogP contribution in [0.4, 0.5) is 0 Å². The van der Waals surface area contributed by atoms with Gasteiger partial charge in [-0.2, -0.15) is 5.10 Å². The molecule has 0 spiro atoms. The highest BCUT2D eigenvalue weighted by molar-refractivity contribution is 7.89. The second kappa shape index (κ2) is 6.28. The van der Waals surface area contributed by atoms with E-state index in [1.807, 2.05) is 0 Å². The number of nitrogens with zero attached hydrogens (tertiary/aromatic N) is 2. The van der Waals surface area contributed by atoms with E-state index in [4.69, 9.17) is 9.84 Å². The fourth-order valence-electron chi connectivity index (χ4n) is 1.73. The smallest absolute Gasteiger partial charge is 0.244 e. The molecule has 7 nitrogen and oxygen atoms in total. The maximum atomic E-state index is 12.1. The minimum atomic E-state index is -3.59. The molecule has 8 heteroatoms. The van der Waals surface area contributed by atoms with E-state index in [1.54, 1.807) is 13.8 Å². The zero-order valence-corrected chi connectivity index (χ0v) is 11.6. The quantitative estimate of drug-likeness (QED) is 0.650. The van der Waals surface area contributed by atoms with Crippen molar-refractivity contribution in [3.8, 4) is 0 Å². The van der Waals surface area contributed by atoms with Crippen molar-refractivity contribution in [3.05, 3.63) is 11.4 Å². The molecule has 18 heavy (non-hydrogen) atoms. The van der Waals surface area contributed by atoms with Gasteiger partial charge in [0.05, 0.1) is 31.1 Å². The molecule has 0 aliphatic heterocycles. The Morgan fingerprint density at radius 1 is 1.44 bits per heavy atom. The van der Waals surface area contributed by atoms with Gasteiger partial charge in [0.15, 0.2) is 0 Å². The molecule has 1 rings (SSSR count). The van der Waals surface area contributed by atoms with Gasteiger partial charge in [0.2, 0.25) is 10.0 Å². The molecule has 0 saturated heterocycles. The summed E-state index contributed by atoms with van der Waals surface area (Å²) in [6.07, 6.45) is 0. The summed E-state index contributed by atoms with van der Waals surface area (Å²) in [6.45, 7) is 4.01. The SMILES string of the molecule is COCCNS(=O)(=O)c1c(C)nn(CCO)c1C. The lowest BCUT2D eigenvalue weighted by Gasteiger charge is -2.07. The Morgan fingerprint density at radius 2 is 2.11 bits per heavy atom. The molecule has 0 radical (unpaired) electrons. The molecule has 104 valence electrons. The Kier molecular flexibility index (Phi) is 5.27. The van der Waals surface area contributed by atoms with Crippen molar-refractivity contribution >= 4 is 10.0 Å². The first-order valence-corrected chi connectivity index (χ1v) is 7.05. The molecule has 1 aromatic rings. The molecule has 0 aromatic carbocycles. The first-order valence-electron chi connectivity index (χ1n) is 5.57. The monoisotopic (exact) mass is 277 g/mol. The lowest BCUT2D eigenvalue weighted by molar-refractivity contribution is 0.204. The van der Waals surface area contributed by atoms with Crippen molar-refractivity contribution < 1.29 is 18.3 Å². The molecule has 0 aliphatic rings. The lowest BCUT2D eigenvalue weighted by atomic mass is 10.4. The summed E-state index contributed by atoms with van der Waals surface area (Å²) in [7, 11) is -2.08. The Hall–Kier alpha value is -0.960. The molecular weight excluding hydrogens is 258 g/mol. The predicted molar refractivity (Wildman–Crippen MR) is 65.9 cm³/mol. The summed E-state index contributed by atoms with van der Waals surface area (Å²) in [4.78, 5) is 0.173. The van der Waals surface area contributed by atoms with Crippen molar-refractivity contribution in [2.24, 2.45) is 0 Å². The number of hydrogen-bond donors (Lipinski definition) is 2. The third-order valence-electron chi connectivity index (χ3n) is 2.49. The molecule has 2 N–H and O–H groups in total. The van der Waals surface area contributed by atoms with Crippen molar-refractivity contribution in [3.63, 3.8) is 0 Å². The Balaban J connectivity index is 3.01. The highest BCUT2D eigenvalue weighted by atomic mass is 32.2. The van der Waals surface area contributed by atoms with Crippen LogP contribution in [-0.2, 0) is 21.3 Å². The maximum absolute atomic E-state index is 12.1. The minimum absolute atomic E-state index is 0.0848. The molecular formula is C10H19N3O4S. The number of sulfonamides is 1. The predicted octanol–water partition coefficient (Wildman–Crippen LogP) is -0.583. The molecule has 1 heterocycles. The van der Waals surface area contributed by atoms with E-state index in [2.05, 4.69) is 9.82 Å². The number of methoxy groups -OCH3 is 1. The summed E-state index contributed by atoms with van der Waals surface area (Å²) in [5, 5.41) is 13.0. The van der Waals surface area contributed by atoms with Gasteiger partial charge in [-0.25, -0.2) is 13.1 Å². The maximum Gasteiger partial charge on any atom is 0.244 e. The highest BCUT2D eigenvalue weighted by Gasteiger charge is 2.23. The van der Waals surface area contributed by atoms with E-state index in [-0.39, 0.29) is 24.6 Å². The van der Waals surface area contributed by atoms with Gasteiger partial charge in [-0.05, 0) is 13.8 Å². The van der Waals surface area contributed by atoms with E-state index in [9.17, 15) is 8.42 Å². The summed E-state index contributed by atoms with van der Waals surface area (Å²) in [5.41, 5.74) is 0.942. The average Bonchev–Trinajstić information content (AvgIpc) is 2.55. The van der Waals surface area contributed by atoms with E-state index in [1.165, 1.54) is 11.8 Å². The van der Waals surface area contributed by atoms with Gasteiger partial charge in [-0.3, -0.25) is 4.68 Å². The topological polar surface area (TPSA) is 93.5 Å². The summed E-state index contributed by atoms with van der Waals surface area (Å²) < 4.78 is 32.9. The summed E-state index contributed by atoms with van der Waals surface area (Å²) >= 11 is 0. The van der Waals surface area contributed by atoms with Gasteiger partial charge in [-0.1, -0.05) is 0 Å². The molecule has 0 atom stereocenters. The van der Waals surface area contributed by atoms with Gasteiger partial charge >= 0.3 is 0 Å². The van der Waals surface area contributed by atoms with Crippen molar-refractivity contribution in [2.75, 3.05) is 26.9 Å². The van der Waals surface area contributed by atoms with Crippen molar-refractivity contribution in [1.82, 2.24) is 14.5 Å². The van der Waals surface area contributed by atoms with Crippen LogP contribution in [0, 0.1) is 13.8 Å². The molecule has 0 saturated carbocycles. The van der Waals surface area contributed by atoms with Crippen LogP contribution in [0.3, 0.4) is 0 Å². The second-order valence-electron chi connectivity index (χ2n) is 3.84. The molecule has 0 aliphatic carbocycles. The fourth-order valence-corrected chi connectivity index (χ4v) is 3.15. The van der Waals surface area contributed by atoms with Crippen LogP contribution in [0.25, 0.3) is 0 Å². The van der Waals surface area contributed by atoms with Crippen molar-refractivity contribution in [1.29, 1.82) is 0 Å². The minimum Gasteiger partial charge on any atom is -0.394 e. The van der Waals surface area contributed by atoms with Gasteiger partial charge in [0.1, 0.15) is 4.90 Å². The molecule has 0 unspecified atom stereocenters. The zero-order chi connectivity index (χ0) is 13.8. The number of aliphatic hydroxyl groups is 1. The number of hydrogen-bond acceptors (Lipinski definition) is 5. The van der Waals surface area contributed by atoms with E-state index < -0.39 is 10.0 Å². The van der Waals surface area contributed by atoms with Gasteiger partial charge in [-0.15, -0.1) is 0 Å². The third-order valence-corrected chi connectivity index (χ3v) is 4.21. The van der Waals surface area contributed by atoms with Crippen molar-refractivity contribution in [2.45, 2.75) is 25.3 Å². The molecule has 1 aromatic heterocycles. The Labute approximate surface area is 107 Å². The number of rotatable bonds is 7. The number of aryl methyl sites for hydroxylation is 1.